The van der Waals surface area contributed by atoms with Crippen molar-refractivity contribution in [2.75, 3.05) is 6.61 Å². The Morgan fingerprint density at radius 2 is 1.37 bits per heavy atom. The van der Waals surface area contributed by atoms with Gasteiger partial charge in [-0.25, -0.2) is 4.79 Å². The quantitative estimate of drug-likeness (QED) is 0.178. The van der Waals surface area contributed by atoms with Crippen molar-refractivity contribution in [1.29, 1.82) is 0 Å². The monoisotopic (exact) mass is 540 g/mol. The normalized spacial score (nSPS) is 14.5. The van der Waals surface area contributed by atoms with Crippen molar-refractivity contribution in [1.82, 2.24) is 5.32 Å². The van der Waals surface area contributed by atoms with E-state index in [0.717, 1.165) is 44.2 Å². The summed E-state index contributed by atoms with van der Waals surface area (Å²) in [5, 5.41) is 4.94. The number of hydrogen-bond donors (Lipinski definition) is 2. The summed E-state index contributed by atoms with van der Waals surface area (Å²) in [5.41, 5.74) is 11.1. The molecule has 0 aliphatic heterocycles. The average molecular weight is 541 g/mol. The number of esters is 1. The van der Waals surface area contributed by atoms with E-state index in [2.05, 4.69) is 29.6 Å². The molecule has 0 aromatic heterocycles. The van der Waals surface area contributed by atoms with E-state index >= 15 is 0 Å². The van der Waals surface area contributed by atoms with Crippen molar-refractivity contribution in [3.63, 3.8) is 0 Å². The molecule has 3 N–H and O–H groups in total. The third-order valence-corrected chi connectivity index (χ3v) is 8.11. The van der Waals surface area contributed by atoms with Gasteiger partial charge in [0.05, 0.1) is 6.04 Å². The molecular weight excluding hydrogens is 508 g/mol. The molecule has 6 rings (SSSR count). The predicted molar refractivity (Wildman–Crippen MR) is 162 cm³/mol. The lowest BCUT2D eigenvalue weighted by Crippen LogP contribution is -2.62. The van der Waals surface area contributed by atoms with Crippen LogP contribution in [0.15, 0.2) is 121 Å². The minimum absolute atomic E-state index is 0.00162. The Hall–Kier alpha value is -4.74. The topological polar surface area (TPSA) is 81.4 Å². The van der Waals surface area contributed by atoms with E-state index in [9.17, 15) is 9.59 Å². The fourth-order valence-electron chi connectivity index (χ4n) is 5.87. The Kier molecular flexibility index (Phi) is 7.12. The van der Waals surface area contributed by atoms with Crippen LogP contribution in [0.3, 0.4) is 0 Å². The highest BCUT2D eigenvalue weighted by molar-refractivity contribution is 6.08. The number of rotatable bonds is 8. The second-order valence-electron chi connectivity index (χ2n) is 10.7. The molecule has 5 nitrogen and oxygen atoms in total. The van der Waals surface area contributed by atoms with Gasteiger partial charge in [0.15, 0.2) is 5.54 Å². The number of nitrogens with one attached hydrogen (secondary N) is 1. The molecule has 0 saturated carbocycles. The van der Waals surface area contributed by atoms with Gasteiger partial charge in [-0.3, -0.25) is 4.79 Å². The van der Waals surface area contributed by atoms with Crippen LogP contribution < -0.4 is 11.1 Å². The molecular formula is C36H32N2O3. The number of ether oxygens (including phenoxy) is 1. The Morgan fingerprint density at radius 3 is 2.07 bits per heavy atom. The van der Waals surface area contributed by atoms with Crippen LogP contribution in [0, 0.1) is 0 Å². The maximum Gasteiger partial charge on any atom is 0.336 e. The Bertz CT molecular complexity index is 1680. The van der Waals surface area contributed by atoms with E-state index in [-0.39, 0.29) is 25.0 Å². The minimum Gasteiger partial charge on any atom is -0.463 e. The van der Waals surface area contributed by atoms with Gasteiger partial charge < -0.3 is 15.8 Å². The van der Waals surface area contributed by atoms with Crippen molar-refractivity contribution >= 4 is 22.6 Å². The van der Waals surface area contributed by atoms with Crippen molar-refractivity contribution < 1.29 is 14.3 Å². The molecule has 1 aliphatic carbocycles. The zero-order chi connectivity index (χ0) is 28.4. The van der Waals surface area contributed by atoms with Gasteiger partial charge in [-0.05, 0) is 51.1 Å². The Labute approximate surface area is 240 Å². The molecule has 5 aromatic carbocycles. The van der Waals surface area contributed by atoms with E-state index in [1.807, 2.05) is 104 Å². The molecule has 204 valence electrons. The first kappa shape index (κ1) is 26.5. The highest BCUT2D eigenvalue weighted by atomic mass is 16.5. The first-order valence-electron chi connectivity index (χ1n) is 13.9. The average Bonchev–Trinajstić information content (AvgIpc) is 3.34. The van der Waals surface area contributed by atoms with Gasteiger partial charge in [0, 0.05) is 12.3 Å². The number of hydrogen-bond acceptors (Lipinski definition) is 4. The largest absolute Gasteiger partial charge is 0.463 e. The van der Waals surface area contributed by atoms with Crippen LogP contribution in [0.4, 0.5) is 0 Å². The van der Waals surface area contributed by atoms with Crippen molar-refractivity contribution in [2.24, 2.45) is 5.73 Å². The first-order valence-corrected chi connectivity index (χ1v) is 13.9. The summed E-state index contributed by atoms with van der Waals surface area (Å²) < 4.78 is 5.97. The number of fused-ring (bicyclic) bond motifs is 4. The highest BCUT2D eigenvalue weighted by Crippen LogP contribution is 2.44. The third-order valence-electron chi connectivity index (χ3n) is 8.11. The fraction of sp³-hybridized carbons (Fsp3) is 0.167. The van der Waals surface area contributed by atoms with Gasteiger partial charge in [-0.1, -0.05) is 121 Å². The Balaban J connectivity index is 1.31. The number of nitrogens with two attached hydrogens (primary N) is 1. The second-order valence-corrected chi connectivity index (χ2v) is 10.7. The van der Waals surface area contributed by atoms with Crippen molar-refractivity contribution in [2.45, 2.75) is 30.8 Å². The van der Waals surface area contributed by atoms with Gasteiger partial charge >= 0.3 is 5.97 Å². The SMILES string of the molecule is CC(NC(=O)[C@](N)(Cc1cccc2ccccc12)C(=O)OCC1c2ccccc2-c2ccccc21)c1ccccc1. The Morgan fingerprint density at radius 1 is 0.780 bits per heavy atom. The van der Waals surface area contributed by atoms with Gasteiger partial charge in [0.25, 0.3) is 5.91 Å². The lowest BCUT2D eigenvalue weighted by atomic mass is 9.87. The van der Waals surface area contributed by atoms with E-state index in [0.29, 0.717) is 0 Å². The highest BCUT2D eigenvalue weighted by Gasteiger charge is 2.45. The van der Waals surface area contributed by atoms with E-state index in [1.54, 1.807) is 0 Å². The molecule has 5 heteroatoms. The van der Waals surface area contributed by atoms with Crippen LogP contribution in [0.2, 0.25) is 0 Å². The molecule has 1 unspecified atom stereocenters. The number of carbonyl (C=O) groups is 2. The van der Waals surface area contributed by atoms with Gasteiger partial charge in [-0.15, -0.1) is 0 Å². The second kappa shape index (κ2) is 11.0. The zero-order valence-electron chi connectivity index (χ0n) is 22.9. The van der Waals surface area contributed by atoms with Crippen molar-refractivity contribution in [3.8, 4) is 11.1 Å². The van der Waals surface area contributed by atoms with Crippen molar-refractivity contribution in [3.05, 3.63) is 144 Å². The molecule has 0 saturated heterocycles. The molecule has 2 atom stereocenters. The standard InChI is InChI=1S/C36H32N2O3/c1-24(25-12-3-2-4-13-25)38-34(39)36(37,22-27-16-11-15-26-14-5-6-17-28(26)27)35(40)41-23-33-31-20-9-7-18-29(31)30-19-8-10-21-32(30)33/h2-21,24,33H,22-23,37H2,1H3,(H,38,39)/t24?,36-/m1/s1. The van der Waals surface area contributed by atoms with Gasteiger partial charge in [-0.2, -0.15) is 0 Å². The zero-order valence-corrected chi connectivity index (χ0v) is 22.9. The number of benzene rings is 5. The summed E-state index contributed by atoms with van der Waals surface area (Å²) >= 11 is 0. The molecule has 0 fully saturated rings. The number of amides is 1. The lowest BCUT2D eigenvalue weighted by molar-refractivity contribution is -0.155. The van der Waals surface area contributed by atoms with E-state index in [1.165, 1.54) is 0 Å². The maximum absolute atomic E-state index is 13.9. The summed E-state index contributed by atoms with van der Waals surface area (Å²) in [5.74, 6) is -1.46. The maximum atomic E-state index is 13.9. The van der Waals surface area contributed by atoms with Crippen LogP contribution in [0.5, 0.6) is 0 Å². The van der Waals surface area contributed by atoms with Crippen LogP contribution in [-0.4, -0.2) is 24.0 Å². The smallest absolute Gasteiger partial charge is 0.336 e. The van der Waals surface area contributed by atoms with Crippen LogP contribution in [0.25, 0.3) is 21.9 Å². The summed E-state index contributed by atoms with van der Waals surface area (Å²) in [6.45, 7) is 1.96. The molecule has 41 heavy (non-hydrogen) atoms. The fourth-order valence-corrected chi connectivity index (χ4v) is 5.87. The molecule has 0 spiro atoms. The van der Waals surface area contributed by atoms with Crippen LogP contribution in [-0.2, 0) is 20.7 Å². The summed E-state index contributed by atoms with van der Waals surface area (Å²) in [4.78, 5) is 27.8. The molecule has 0 heterocycles. The summed E-state index contributed by atoms with van der Waals surface area (Å²) in [6, 6.07) is 39.3. The molecule has 0 bridgehead atoms. The summed E-state index contributed by atoms with van der Waals surface area (Å²) in [6.07, 6.45) is -0.00162. The molecule has 1 aliphatic rings. The molecule has 5 aromatic rings. The molecule has 1 amide bonds. The summed E-state index contributed by atoms with van der Waals surface area (Å²) in [7, 11) is 0. The van der Waals surface area contributed by atoms with Gasteiger partial charge in [0.1, 0.15) is 6.61 Å². The first-order chi connectivity index (χ1) is 20.0. The lowest BCUT2D eigenvalue weighted by Gasteiger charge is -2.29. The predicted octanol–water partition coefficient (Wildman–Crippen LogP) is 6.31. The van der Waals surface area contributed by atoms with Crippen LogP contribution >= 0.6 is 0 Å². The van der Waals surface area contributed by atoms with E-state index in [4.69, 9.17) is 10.5 Å². The minimum atomic E-state index is -1.94. The molecule has 0 radical (unpaired) electrons. The van der Waals surface area contributed by atoms with E-state index < -0.39 is 17.4 Å². The third kappa shape index (κ3) is 5.01. The number of carbonyl (C=O) groups excluding carboxylic acids is 2. The van der Waals surface area contributed by atoms with Crippen LogP contribution in [0.1, 0.15) is 41.1 Å². The van der Waals surface area contributed by atoms with Gasteiger partial charge in [0.2, 0.25) is 0 Å².